The lowest BCUT2D eigenvalue weighted by Crippen LogP contribution is -2.01. The average molecular weight is 196 g/mol. The monoisotopic (exact) mass is 195 g/mol. The molecule has 2 rings (SSSR count). The van der Waals surface area contributed by atoms with Gasteiger partial charge in [-0.25, -0.2) is 9.97 Å². The zero-order valence-corrected chi connectivity index (χ0v) is 7.31. The molecule has 0 saturated carbocycles. The van der Waals surface area contributed by atoms with Crippen LogP contribution >= 0.6 is 11.6 Å². The number of nitrogens with zero attached hydrogens (tertiary/aromatic N) is 4. The Morgan fingerprint density at radius 3 is 3.00 bits per heavy atom. The first-order valence-corrected chi connectivity index (χ1v) is 3.91. The molecule has 0 fully saturated rings. The molecule has 2 heterocycles. The fourth-order valence-electron chi connectivity index (χ4n) is 0.937. The Balaban J connectivity index is 2.57. The van der Waals surface area contributed by atoms with Crippen LogP contribution in [0.1, 0.15) is 0 Å². The van der Waals surface area contributed by atoms with Crippen molar-refractivity contribution in [1.82, 2.24) is 19.5 Å². The number of imidazole rings is 1. The van der Waals surface area contributed by atoms with E-state index in [0.29, 0.717) is 10.8 Å². The normalized spacial score (nSPS) is 10.2. The van der Waals surface area contributed by atoms with E-state index in [9.17, 15) is 0 Å². The second-order valence-electron chi connectivity index (χ2n) is 2.37. The Kier molecular flexibility index (Phi) is 1.86. The van der Waals surface area contributed by atoms with E-state index in [1.807, 2.05) is 0 Å². The molecule has 0 aliphatic carbocycles. The van der Waals surface area contributed by atoms with E-state index in [4.69, 9.17) is 17.3 Å². The van der Waals surface area contributed by atoms with Gasteiger partial charge in [0.15, 0.2) is 5.82 Å². The SMILES string of the molecule is Nc1ncc(Cl)c(-n2ccnc2)n1. The molecule has 2 aromatic heterocycles. The summed E-state index contributed by atoms with van der Waals surface area (Å²) >= 11 is 5.86. The van der Waals surface area contributed by atoms with Crippen molar-refractivity contribution in [2.75, 3.05) is 5.73 Å². The summed E-state index contributed by atoms with van der Waals surface area (Å²) in [6, 6.07) is 0. The zero-order valence-electron chi connectivity index (χ0n) is 6.55. The van der Waals surface area contributed by atoms with Crippen molar-refractivity contribution in [2.24, 2.45) is 0 Å². The first-order valence-electron chi connectivity index (χ1n) is 3.54. The average Bonchev–Trinajstić information content (AvgIpc) is 2.61. The molecule has 2 N–H and O–H groups in total. The van der Waals surface area contributed by atoms with Crippen molar-refractivity contribution in [3.8, 4) is 5.82 Å². The maximum Gasteiger partial charge on any atom is 0.222 e. The lowest BCUT2D eigenvalue weighted by Gasteiger charge is -2.02. The molecular weight excluding hydrogens is 190 g/mol. The molecule has 0 aliphatic rings. The number of halogens is 1. The second-order valence-corrected chi connectivity index (χ2v) is 2.78. The molecule has 0 saturated heterocycles. The van der Waals surface area contributed by atoms with Gasteiger partial charge >= 0.3 is 0 Å². The summed E-state index contributed by atoms with van der Waals surface area (Å²) in [5.41, 5.74) is 5.42. The molecule has 0 bridgehead atoms. The molecule has 6 heteroatoms. The Morgan fingerprint density at radius 2 is 2.31 bits per heavy atom. The lowest BCUT2D eigenvalue weighted by atomic mass is 10.5. The van der Waals surface area contributed by atoms with Crippen LogP contribution in [-0.4, -0.2) is 19.5 Å². The fraction of sp³-hybridized carbons (Fsp3) is 0. The van der Waals surface area contributed by atoms with E-state index in [0.717, 1.165) is 0 Å². The summed E-state index contributed by atoms with van der Waals surface area (Å²) in [6.45, 7) is 0. The summed E-state index contributed by atoms with van der Waals surface area (Å²) < 4.78 is 1.67. The third-order valence-electron chi connectivity index (χ3n) is 1.49. The Hall–Kier alpha value is -1.62. The highest BCUT2D eigenvalue weighted by atomic mass is 35.5. The molecule has 0 spiro atoms. The summed E-state index contributed by atoms with van der Waals surface area (Å²) in [4.78, 5) is 11.6. The molecule has 0 atom stereocenters. The summed E-state index contributed by atoms with van der Waals surface area (Å²) in [6.07, 6.45) is 6.41. The van der Waals surface area contributed by atoms with Gasteiger partial charge in [-0.1, -0.05) is 11.6 Å². The largest absolute Gasteiger partial charge is 0.368 e. The van der Waals surface area contributed by atoms with Gasteiger partial charge in [0.2, 0.25) is 5.95 Å². The van der Waals surface area contributed by atoms with E-state index in [-0.39, 0.29) is 5.95 Å². The van der Waals surface area contributed by atoms with Gasteiger partial charge in [0.1, 0.15) is 11.3 Å². The van der Waals surface area contributed by atoms with Gasteiger partial charge in [0, 0.05) is 12.4 Å². The maximum absolute atomic E-state index is 5.86. The minimum absolute atomic E-state index is 0.188. The maximum atomic E-state index is 5.86. The zero-order chi connectivity index (χ0) is 9.26. The fourth-order valence-corrected chi connectivity index (χ4v) is 1.13. The van der Waals surface area contributed by atoms with Crippen molar-refractivity contribution in [1.29, 1.82) is 0 Å². The number of hydrogen-bond acceptors (Lipinski definition) is 4. The van der Waals surface area contributed by atoms with Gasteiger partial charge < -0.3 is 5.73 Å². The van der Waals surface area contributed by atoms with Gasteiger partial charge in [0.05, 0.1) is 6.20 Å². The van der Waals surface area contributed by atoms with E-state index in [1.54, 1.807) is 23.3 Å². The minimum Gasteiger partial charge on any atom is -0.368 e. The standard InChI is InChI=1S/C7H6ClN5/c8-5-3-11-7(9)12-6(5)13-2-1-10-4-13/h1-4H,(H2,9,11,12). The van der Waals surface area contributed by atoms with Crippen LogP contribution in [0.15, 0.2) is 24.9 Å². The molecule has 0 radical (unpaired) electrons. The molecule has 66 valence electrons. The first-order chi connectivity index (χ1) is 6.27. The number of nitrogens with two attached hydrogens (primary N) is 1. The van der Waals surface area contributed by atoms with Crippen molar-refractivity contribution < 1.29 is 0 Å². The summed E-state index contributed by atoms with van der Waals surface area (Å²) in [5, 5.41) is 0.437. The molecule has 5 nitrogen and oxygen atoms in total. The van der Waals surface area contributed by atoms with E-state index in [1.165, 1.54) is 6.20 Å². The smallest absolute Gasteiger partial charge is 0.222 e. The number of aromatic nitrogens is 4. The van der Waals surface area contributed by atoms with Gasteiger partial charge in [-0.2, -0.15) is 4.98 Å². The quantitative estimate of drug-likeness (QED) is 0.734. The summed E-state index contributed by atoms with van der Waals surface area (Å²) in [7, 11) is 0. The van der Waals surface area contributed by atoms with Crippen LogP contribution < -0.4 is 5.73 Å². The van der Waals surface area contributed by atoms with Gasteiger partial charge in [-0.05, 0) is 0 Å². The molecule has 0 unspecified atom stereocenters. The van der Waals surface area contributed by atoms with Gasteiger partial charge in [0.25, 0.3) is 0 Å². The molecule has 0 amide bonds. The predicted molar refractivity (Wildman–Crippen MR) is 48.6 cm³/mol. The number of anilines is 1. The third kappa shape index (κ3) is 1.46. The van der Waals surface area contributed by atoms with E-state index >= 15 is 0 Å². The van der Waals surface area contributed by atoms with Crippen molar-refractivity contribution >= 4 is 17.5 Å². The molecule has 2 aromatic rings. The van der Waals surface area contributed by atoms with E-state index < -0.39 is 0 Å². The molecule has 0 aliphatic heterocycles. The van der Waals surface area contributed by atoms with Gasteiger partial charge in [-0.15, -0.1) is 0 Å². The number of nitrogen functional groups attached to an aromatic ring is 1. The minimum atomic E-state index is 0.188. The van der Waals surface area contributed by atoms with Crippen LogP contribution in [0, 0.1) is 0 Å². The second kappa shape index (κ2) is 3.02. The summed E-state index contributed by atoms with van der Waals surface area (Å²) in [5.74, 6) is 0.722. The molecular formula is C7H6ClN5. The van der Waals surface area contributed by atoms with Crippen LogP contribution in [0.3, 0.4) is 0 Å². The van der Waals surface area contributed by atoms with Crippen LogP contribution in [0.5, 0.6) is 0 Å². The lowest BCUT2D eigenvalue weighted by molar-refractivity contribution is 0.978. The van der Waals surface area contributed by atoms with Crippen LogP contribution in [0.25, 0.3) is 5.82 Å². The third-order valence-corrected chi connectivity index (χ3v) is 1.76. The van der Waals surface area contributed by atoms with Crippen molar-refractivity contribution in [3.63, 3.8) is 0 Å². The Labute approximate surface area is 79.2 Å². The van der Waals surface area contributed by atoms with Crippen LogP contribution in [0.2, 0.25) is 5.02 Å². The Morgan fingerprint density at radius 1 is 1.46 bits per heavy atom. The first kappa shape index (κ1) is 8.00. The van der Waals surface area contributed by atoms with E-state index in [2.05, 4.69) is 15.0 Å². The highest BCUT2D eigenvalue weighted by Gasteiger charge is 2.04. The molecule has 13 heavy (non-hydrogen) atoms. The van der Waals surface area contributed by atoms with Crippen LogP contribution in [0.4, 0.5) is 5.95 Å². The highest BCUT2D eigenvalue weighted by Crippen LogP contribution is 2.16. The van der Waals surface area contributed by atoms with Crippen LogP contribution in [-0.2, 0) is 0 Å². The molecule has 0 aromatic carbocycles. The number of hydrogen-bond donors (Lipinski definition) is 1. The highest BCUT2D eigenvalue weighted by molar-refractivity contribution is 6.32. The predicted octanol–water partition coefficient (Wildman–Crippen LogP) is 0.898. The van der Waals surface area contributed by atoms with Gasteiger partial charge in [-0.3, -0.25) is 4.57 Å². The van der Waals surface area contributed by atoms with Crippen molar-refractivity contribution in [3.05, 3.63) is 29.9 Å². The number of rotatable bonds is 1. The Bertz CT molecular complexity index is 411. The van der Waals surface area contributed by atoms with Crippen molar-refractivity contribution in [2.45, 2.75) is 0 Å². The topological polar surface area (TPSA) is 69.6 Å².